The third kappa shape index (κ3) is 5.47. The van der Waals surface area contributed by atoms with Crippen LogP contribution in [0, 0.1) is 0 Å². The lowest BCUT2D eigenvalue weighted by atomic mass is 9.79. The molecule has 0 saturated carbocycles. The molecule has 2 fully saturated rings. The first-order valence-electron chi connectivity index (χ1n) is 11.0. The van der Waals surface area contributed by atoms with Gasteiger partial charge >= 0.3 is 7.12 Å². The molecule has 4 rings (SSSR count). The van der Waals surface area contributed by atoms with Crippen LogP contribution in [0.15, 0.2) is 30.5 Å². The van der Waals surface area contributed by atoms with Gasteiger partial charge in [-0.25, -0.2) is 4.68 Å². The number of ether oxygens (including phenoxy) is 3. The lowest BCUT2D eigenvalue weighted by molar-refractivity contribution is -0.169. The molecule has 2 saturated heterocycles. The van der Waals surface area contributed by atoms with Gasteiger partial charge in [-0.2, -0.15) is 0 Å². The van der Waals surface area contributed by atoms with Gasteiger partial charge in [0.15, 0.2) is 6.29 Å². The molecule has 2 aliphatic heterocycles. The summed E-state index contributed by atoms with van der Waals surface area (Å²) in [7, 11) is -0.367. The summed E-state index contributed by atoms with van der Waals surface area (Å²) in [4.78, 5) is 0. The summed E-state index contributed by atoms with van der Waals surface area (Å²) in [5.74, 6) is 0.790. The first-order chi connectivity index (χ1) is 14.8. The quantitative estimate of drug-likeness (QED) is 0.598. The van der Waals surface area contributed by atoms with Crippen LogP contribution in [0.3, 0.4) is 0 Å². The zero-order chi connectivity index (χ0) is 21.9. The maximum Gasteiger partial charge on any atom is 0.494 e. The molecule has 1 unspecified atom stereocenters. The predicted molar refractivity (Wildman–Crippen MR) is 116 cm³/mol. The van der Waals surface area contributed by atoms with Crippen LogP contribution in [-0.4, -0.2) is 52.8 Å². The molecule has 0 aliphatic carbocycles. The van der Waals surface area contributed by atoms with Crippen molar-refractivity contribution in [2.45, 2.75) is 77.6 Å². The van der Waals surface area contributed by atoms with Crippen molar-refractivity contribution in [3.05, 3.63) is 36.2 Å². The molecule has 168 valence electrons. The zero-order valence-electron chi connectivity index (χ0n) is 18.9. The fraction of sp³-hybridized carbons (Fsp3) is 0.636. The van der Waals surface area contributed by atoms with Crippen LogP contribution in [0.4, 0.5) is 0 Å². The van der Waals surface area contributed by atoms with Gasteiger partial charge in [0.1, 0.15) is 18.1 Å². The Morgan fingerprint density at radius 1 is 1.10 bits per heavy atom. The Bertz CT molecular complexity index is 833. The SMILES string of the molecule is CC1(C)OB(c2ccc(OCCn3cc(COC4CCCCO4)nn3)cc2)OC1(C)C. The maximum atomic E-state index is 6.09. The van der Waals surface area contributed by atoms with Gasteiger partial charge < -0.3 is 23.5 Å². The Kier molecular flexibility index (Phi) is 6.67. The van der Waals surface area contributed by atoms with E-state index in [0.717, 1.165) is 42.8 Å². The number of hydrogen-bond donors (Lipinski definition) is 0. The lowest BCUT2D eigenvalue weighted by Crippen LogP contribution is -2.41. The van der Waals surface area contributed by atoms with Crippen molar-refractivity contribution in [2.75, 3.05) is 13.2 Å². The van der Waals surface area contributed by atoms with Crippen LogP contribution in [0.5, 0.6) is 5.75 Å². The summed E-state index contributed by atoms with van der Waals surface area (Å²) in [6, 6.07) is 7.84. The van der Waals surface area contributed by atoms with E-state index in [9.17, 15) is 0 Å². The maximum absolute atomic E-state index is 6.09. The standard InChI is InChI=1S/C22H32BN3O5/c1-21(2)22(3,4)31-23(30-21)17-8-10-19(11-9-17)27-14-12-26-15-18(24-25-26)16-29-20-7-5-6-13-28-20/h8-11,15,20H,5-7,12-14,16H2,1-4H3. The highest BCUT2D eigenvalue weighted by Gasteiger charge is 2.51. The molecule has 0 amide bonds. The Morgan fingerprint density at radius 2 is 1.84 bits per heavy atom. The smallest absolute Gasteiger partial charge is 0.492 e. The van der Waals surface area contributed by atoms with Crippen molar-refractivity contribution in [2.24, 2.45) is 0 Å². The van der Waals surface area contributed by atoms with Crippen LogP contribution in [0.2, 0.25) is 0 Å². The molecular formula is C22H32BN3O5. The molecule has 8 nitrogen and oxygen atoms in total. The third-order valence-electron chi connectivity index (χ3n) is 6.14. The van der Waals surface area contributed by atoms with Gasteiger partial charge in [-0.1, -0.05) is 17.3 Å². The van der Waals surface area contributed by atoms with Crippen LogP contribution in [0.1, 0.15) is 52.7 Å². The van der Waals surface area contributed by atoms with E-state index >= 15 is 0 Å². The average molecular weight is 429 g/mol. The minimum Gasteiger partial charge on any atom is -0.492 e. The third-order valence-corrected chi connectivity index (χ3v) is 6.14. The minimum atomic E-state index is -0.367. The van der Waals surface area contributed by atoms with E-state index < -0.39 is 0 Å². The van der Waals surface area contributed by atoms with Gasteiger partial charge in [-0.15, -0.1) is 5.10 Å². The van der Waals surface area contributed by atoms with Crippen molar-refractivity contribution in [1.82, 2.24) is 15.0 Å². The monoisotopic (exact) mass is 429 g/mol. The summed E-state index contributed by atoms with van der Waals surface area (Å²) in [6.07, 6.45) is 4.95. The molecular weight excluding hydrogens is 397 g/mol. The van der Waals surface area contributed by atoms with Crippen LogP contribution in [-0.2, 0) is 31.9 Å². The molecule has 1 atom stereocenters. The number of aromatic nitrogens is 3. The molecule has 3 heterocycles. The van der Waals surface area contributed by atoms with E-state index in [-0.39, 0.29) is 24.6 Å². The van der Waals surface area contributed by atoms with E-state index in [0.29, 0.717) is 19.8 Å². The van der Waals surface area contributed by atoms with Crippen molar-refractivity contribution in [1.29, 1.82) is 0 Å². The largest absolute Gasteiger partial charge is 0.494 e. The van der Waals surface area contributed by atoms with Gasteiger partial charge in [0, 0.05) is 6.61 Å². The number of rotatable bonds is 8. The van der Waals surface area contributed by atoms with Crippen molar-refractivity contribution in [3.63, 3.8) is 0 Å². The normalized spacial score (nSPS) is 22.6. The molecule has 0 spiro atoms. The molecule has 2 aromatic rings. The summed E-state index contributed by atoms with van der Waals surface area (Å²) in [5, 5.41) is 8.29. The number of benzene rings is 1. The summed E-state index contributed by atoms with van der Waals surface area (Å²) >= 11 is 0. The first kappa shape index (κ1) is 22.3. The Labute approximate surface area is 184 Å². The van der Waals surface area contributed by atoms with E-state index in [1.807, 2.05) is 30.5 Å². The fourth-order valence-electron chi connectivity index (χ4n) is 3.49. The highest BCUT2D eigenvalue weighted by atomic mass is 16.7. The van der Waals surface area contributed by atoms with Gasteiger partial charge in [0.05, 0.1) is 30.6 Å². The Morgan fingerprint density at radius 3 is 2.52 bits per heavy atom. The van der Waals surface area contributed by atoms with E-state index in [1.165, 1.54) is 0 Å². The Balaban J connectivity index is 1.21. The molecule has 0 radical (unpaired) electrons. The van der Waals surface area contributed by atoms with Crippen LogP contribution < -0.4 is 10.2 Å². The topological polar surface area (TPSA) is 76.9 Å². The summed E-state index contributed by atoms with van der Waals surface area (Å²) in [6.45, 7) is 10.5. The first-order valence-corrected chi connectivity index (χ1v) is 11.0. The highest BCUT2D eigenvalue weighted by molar-refractivity contribution is 6.62. The second-order valence-electron chi connectivity index (χ2n) is 9.09. The van der Waals surface area contributed by atoms with Gasteiger partial charge in [-0.3, -0.25) is 0 Å². The molecule has 1 aromatic heterocycles. The van der Waals surface area contributed by atoms with Crippen LogP contribution in [0.25, 0.3) is 0 Å². The van der Waals surface area contributed by atoms with Crippen LogP contribution >= 0.6 is 0 Å². The molecule has 9 heteroatoms. The number of nitrogens with zero attached hydrogens (tertiary/aromatic N) is 3. The van der Waals surface area contributed by atoms with Crippen molar-refractivity contribution < 1.29 is 23.5 Å². The van der Waals surface area contributed by atoms with Crippen molar-refractivity contribution in [3.8, 4) is 5.75 Å². The Hall–Kier alpha value is -1.94. The predicted octanol–water partition coefficient (Wildman–Crippen LogP) is 2.70. The second-order valence-corrected chi connectivity index (χ2v) is 9.09. The number of hydrogen-bond acceptors (Lipinski definition) is 7. The van der Waals surface area contributed by atoms with Gasteiger partial charge in [0.25, 0.3) is 0 Å². The van der Waals surface area contributed by atoms with E-state index in [1.54, 1.807) is 4.68 Å². The van der Waals surface area contributed by atoms with E-state index in [4.69, 9.17) is 23.5 Å². The van der Waals surface area contributed by atoms with Gasteiger partial charge in [0.2, 0.25) is 0 Å². The zero-order valence-corrected chi connectivity index (χ0v) is 18.9. The molecule has 0 N–H and O–H groups in total. The van der Waals surface area contributed by atoms with Crippen molar-refractivity contribution >= 4 is 12.6 Å². The molecule has 2 aliphatic rings. The molecule has 0 bridgehead atoms. The minimum absolute atomic E-state index is 0.123. The second kappa shape index (κ2) is 9.28. The van der Waals surface area contributed by atoms with Gasteiger partial charge in [-0.05, 0) is 64.6 Å². The summed E-state index contributed by atoms with van der Waals surface area (Å²) < 4.78 is 31.1. The average Bonchev–Trinajstić information content (AvgIpc) is 3.28. The highest BCUT2D eigenvalue weighted by Crippen LogP contribution is 2.36. The lowest BCUT2D eigenvalue weighted by Gasteiger charge is -2.32. The molecule has 1 aromatic carbocycles. The van der Waals surface area contributed by atoms with E-state index in [2.05, 4.69) is 38.0 Å². The molecule has 31 heavy (non-hydrogen) atoms. The summed E-state index contributed by atoms with van der Waals surface area (Å²) in [5.41, 5.74) is 1.07. The fourth-order valence-corrected chi connectivity index (χ4v) is 3.49.